The molecule has 2 aromatic carbocycles. The number of benzene rings is 2. The van der Waals surface area contributed by atoms with Gasteiger partial charge < -0.3 is 29.6 Å². The molecule has 0 aromatic heterocycles. The van der Waals surface area contributed by atoms with Gasteiger partial charge in [-0.05, 0) is 45.2 Å². The van der Waals surface area contributed by atoms with E-state index in [2.05, 4.69) is 10.6 Å². The van der Waals surface area contributed by atoms with Gasteiger partial charge in [-0.3, -0.25) is 9.69 Å². The molecule has 1 saturated heterocycles. The highest BCUT2D eigenvalue weighted by Gasteiger charge is 2.45. The molecule has 2 aromatic rings. The summed E-state index contributed by atoms with van der Waals surface area (Å²) in [5.41, 5.74) is 1.01. The zero-order chi connectivity index (χ0) is 30.9. The Kier molecular flexibility index (Phi) is 11.8. The Morgan fingerprint density at radius 2 is 1.57 bits per heavy atom. The quantitative estimate of drug-likeness (QED) is 0.389. The molecule has 1 unspecified atom stereocenters. The number of hydrogen-bond donors (Lipinski definition) is 2. The first kappa shape index (κ1) is 32.9. The van der Waals surface area contributed by atoms with Crippen LogP contribution in [0.3, 0.4) is 0 Å². The van der Waals surface area contributed by atoms with E-state index < -0.39 is 47.9 Å². The number of nitrogens with one attached hydrogen (secondary N) is 2. The maximum atomic E-state index is 13.6. The number of rotatable bonds is 11. The molecular formula is C32H45N3O7. The Hall–Kier alpha value is -3.63. The smallest absolute Gasteiger partial charge is 0.410 e. The van der Waals surface area contributed by atoms with Crippen LogP contribution in [-0.2, 0) is 30.3 Å². The maximum Gasteiger partial charge on any atom is 0.410 e. The van der Waals surface area contributed by atoms with E-state index in [9.17, 15) is 14.4 Å². The van der Waals surface area contributed by atoms with Crippen LogP contribution in [0, 0.1) is 5.92 Å². The average Bonchev–Trinajstić information content (AvgIpc) is 3.39. The van der Waals surface area contributed by atoms with E-state index in [0.29, 0.717) is 13.0 Å². The van der Waals surface area contributed by atoms with Crippen molar-refractivity contribution in [2.75, 3.05) is 20.8 Å². The van der Waals surface area contributed by atoms with Gasteiger partial charge in [0.05, 0.1) is 42.8 Å². The molecule has 0 saturated carbocycles. The zero-order valence-electron chi connectivity index (χ0n) is 25.7. The molecule has 3 amide bonds. The normalized spacial score (nSPS) is 19.7. The lowest BCUT2D eigenvalue weighted by Crippen LogP contribution is -2.52. The first-order valence-corrected chi connectivity index (χ1v) is 14.3. The van der Waals surface area contributed by atoms with Gasteiger partial charge in [-0.15, -0.1) is 0 Å². The van der Waals surface area contributed by atoms with Gasteiger partial charge in [-0.25, -0.2) is 9.59 Å². The molecule has 230 valence electrons. The number of carbonyl (C=O) groups excluding carboxylic acids is 3. The standard InChI is InChI=1S/C32H45N3O7/c1-21(28(40-7)26-18-25(39-6)19-35(26)31(38)42-32(3,4)5)29(36)33-22(2)27(24-16-12-9-13-17-24)34-30(37)41-20-23-14-10-8-11-15-23/h8-17,21-22,25-28H,18-20H2,1-7H3,(H,33,36)(H,34,37)/t21-,22+,25-,26+,27?,28-/m1/s1. The molecule has 6 atom stereocenters. The van der Waals surface area contributed by atoms with Crippen LogP contribution in [0.25, 0.3) is 0 Å². The van der Waals surface area contributed by atoms with E-state index in [1.165, 1.54) is 7.11 Å². The van der Waals surface area contributed by atoms with Crippen molar-refractivity contribution >= 4 is 18.1 Å². The average molecular weight is 584 g/mol. The van der Waals surface area contributed by atoms with E-state index in [1.807, 2.05) is 88.4 Å². The highest BCUT2D eigenvalue weighted by molar-refractivity contribution is 5.80. The molecule has 3 rings (SSSR count). The van der Waals surface area contributed by atoms with Crippen LogP contribution < -0.4 is 10.6 Å². The van der Waals surface area contributed by atoms with Gasteiger partial charge in [0.25, 0.3) is 0 Å². The molecule has 0 aliphatic carbocycles. The third kappa shape index (κ3) is 9.19. The zero-order valence-corrected chi connectivity index (χ0v) is 25.7. The van der Waals surface area contributed by atoms with Crippen LogP contribution in [-0.4, -0.2) is 73.7 Å². The van der Waals surface area contributed by atoms with Gasteiger partial charge in [-0.1, -0.05) is 67.6 Å². The summed E-state index contributed by atoms with van der Waals surface area (Å²) in [5.74, 6) is -0.913. The van der Waals surface area contributed by atoms with Crippen LogP contribution in [0.15, 0.2) is 60.7 Å². The van der Waals surface area contributed by atoms with E-state index in [4.69, 9.17) is 18.9 Å². The largest absolute Gasteiger partial charge is 0.445 e. The lowest BCUT2D eigenvalue weighted by Gasteiger charge is -2.35. The van der Waals surface area contributed by atoms with Crippen LogP contribution in [0.5, 0.6) is 0 Å². The summed E-state index contributed by atoms with van der Waals surface area (Å²) in [4.78, 5) is 41.0. The first-order chi connectivity index (χ1) is 19.9. The predicted octanol–water partition coefficient (Wildman–Crippen LogP) is 4.83. The monoisotopic (exact) mass is 583 g/mol. The van der Waals surface area contributed by atoms with Crippen LogP contribution in [0.1, 0.15) is 58.2 Å². The summed E-state index contributed by atoms with van der Waals surface area (Å²) in [6.45, 7) is 9.48. The van der Waals surface area contributed by atoms with Gasteiger partial charge in [0.2, 0.25) is 5.91 Å². The van der Waals surface area contributed by atoms with Gasteiger partial charge in [0, 0.05) is 14.2 Å². The Labute approximate surface area is 249 Å². The topological polar surface area (TPSA) is 115 Å². The molecule has 0 radical (unpaired) electrons. The molecule has 2 N–H and O–H groups in total. The van der Waals surface area contributed by atoms with E-state index in [-0.39, 0.29) is 18.6 Å². The molecule has 1 aliphatic rings. The summed E-state index contributed by atoms with van der Waals surface area (Å²) < 4.78 is 22.5. The van der Waals surface area contributed by atoms with Crippen LogP contribution >= 0.6 is 0 Å². The van der Waals surface area contributed by atoms with Crippen molar-refractivity contribution in [1.82, 2.24) is 15.5 Å². The van der Waals surface area contributed by atoms with E-state index >= 15 is 0 Å². The highest BCUT2D eigenvalue weighted by atomic mass is 16.6. The Morgan fingerprint density at radius 3 is 2.14 bits per heavy atom. The molecule has 10 heteroatoms. The molecule has 1 aliphatic heterocycles. The van der Waals surface area contributed by atoms with Crippen molar-refractivity contribution in [3.8, 4) is 0 Å². The Bertz CT molecular complexity index is 1160. The lowest BCUT2D eigenvalue weighted by molar-refractivity contribution is -0.131. The number of alkyl carbamates (subject to hydrolysis) is 1. The molecule has 0 bridgehead atoms. The number of methoxy groups -OCH3 is 2. The van der Waals surface area contributed by atoms with Crippen molar-refractivity contribution in [2.45, 2.75) is 83.6 Å². The van der Waals surface area contributed by atoms with E-state index in [0.717, 1.165) is 11.1 Å². The second-order valence-electron chi connectivity index (χ2n) is 11.7. The molecule has 42 heavy (non-hydrogen) atoms. The number of carbonyl (C=O) groups is 3. The second-order valence-corrected chi connectivity index (χ2v) is 11.7. The van der Waals surface area contributed by atoms with Gasteiger partial charge >= 0.3 is 12.2 Å². The van der Waals surface area contributed by atoms with E-state index in [1.54, 1.807) is 18.9 Å². The minimum absolute atomic E-state index is 0.124. The molecular weight excluding hydrogens is 538 g/mol. The van der Waals surface area contributed by atoms with Gasteiger partial charge in [0.1, 0.15) is 12.2 Å². The number of hydrogen-bond acceptors (Lipinski definition) is 7. The summed E-state index contributed by atoms with van der Waals surface area (Å²) in [5, 5.41) is 5.96. The fourth-order valence-electron chi connectivity index (χ4n) is 5.17. The number of likely N-dealkylation sites (tertiary alicyclic amines) is 1. The fraction of sp³-hybridized carbons (Fsp3) is 0.531. The van der Waals surface area contributed by atoms with Crippen molar-refractivity contribution < 1.29 is 33.3 Å². The third-order valence-electron chi connectivity index (χ3n) is 7.34. The van der Waals surface area contributed by atoms with Crippen LogP contribution in [0.2, 0.25) is 0 Å². The molecule has 0 spiro atoms. The summed E-state index contributed by atoms with van der Waals surface area (Å²) in [6.07, 6.45) is -1.39. The Morgan fingerprint density at radius 1 is 0.952 bits per heavy atom. The molecule has 10 nitrogen and oxygen atoms in total. The minimum atomic E-state index is -0.671. The fourth-order valence-corrected chi connectivity index (χ4v) is 5.17. The number of amides is 3. The van der Waals surface area contributed by atoms with Crippen molar-refractivity contribution in [3.63, 3.8) is 0 Å². The lowest BCUT2D eigenvalue weighted by atomic mass is 9.93. The van der Waals surface area contributed by atoms with Crippen molar-refractivity contribution in [1.29, 1.82) is 0 Å². The van der Waals surface area contributed by atoms with Gasteiger partial charge in [-0.2, -0.15) is 0 Å². The molecule has 1 fully saturated rings. The maximum absolute atomic E-state index is 13.6. The predicted molar refractivity (Wildman–Crippen MR) is 159 cm³/mol. The minimum Gasteiger partial charge on any atom is -0.445 e. The Balaban J connectivity index is 1.71. The highest BCUT2D eigenvalue weighted by Crippen LogP contribution is 2.30. The van der Waals surface area contributed by atoms with Crippen LogP contribution in [0.4, 0.5) is 9.59 Å². The summed E-state index contributed by atoms with van der Waals surface area (Å²) in [6, 6.07) is 17.3. The summed E-state index contributed by atoms with van der Waals surface area (Å²) in [7, 11) is 3.13. The van der Waals surface area contributed by atoms with Crippen molar-refractivity contribution in [2.24, 2.45) is 5.92 Å². The third-order valence-corrected chi connectivity index (χ3v) is 7.34. The second kappa shape index (κ2) is 15.0. The van der Waals surface area contributed by atoms with Crippen molar-refractivity contribution in [3.05, 3.63) is 71.8 Å². The van der Waals surface area contributed by atoms with Gasteiger partial charge in [0.15, 0.2) is 0 Å². The number of ether oxygens (including phenoxy) is 4. The SMILES string of the molecule is CO[C@@H]1C[C@@H]([C@H](OC)[C@@H](C)C(=O)N[C@@H](C)C(NC(=O)OCc2ccccc2)c2ccccc2)N(C(=O)OC(C)(C)C)C1. The number of nitrogens with zero attached hydrogens (tertiary/aromatic N) is 1. The first-order valence-electron chi connectivity index (χ1n) is 14.3. The molecule has 1 heterocycles. The summed E-state index contributed by atoms with van der Waals surface area (Å²) >= 11 is 0.